The fourth-order valence-corrected chi connectivity index (χ4v) is 1.60. The second-order valence-electron chi connectivity index (χ2n) is 3.99. The molecule has 0 unspecified atom stereocenters. The van der Waals surface area contributed by atoms with Crippen LogP contribution in [0.15, 0.2) is 12.1 Å². The van der Waals surface area contributed by atoms with Crippen LogP contribution >= 0.6 is 23.2 Å². The number of hydrogen-bond donors (Lipinski definition) is 1. The van der Waals surface area contributed by atoms with Gasteiger partial charge in [-0.2, -0.15) is 0 Å². The minimum absolute atomic E-state index is 0.000505. The van der Waals surface area contributed by atoms with Crippen molar-refractivity contribution in [2.24, 2.45) is 0 Å². The normalized spacial score (nSPS) is 10.7. The number of aryl methyl sites for hydroxylation is 1. The molecule has 0 radical (unpaired) electrons. The van der Waals surface area contributed by atoms with Gasteiger partial charge < -0.3 is 10.1 Å². The molecule has 1 N–H and O–H groups in total. The first-order chi connectivity index (χ1) is 7.90. The van der Waals surface area contributed by atoms with Gasteiger partial charge in [-0.05, 0) is 38.5 Å². The first kappa shape index (κ1) is 14.3. The third-order valence-electron chi connectivity index (χ3n) is 2.07. The Kier molecular flexibility index (Phi) is 5.25. The van der Waals surface area contributed by atoms with Crippen LogP contribution in [-0.4, -0.2) is 18.6 Å². The number of amides is 1. The average Bonchev–Trinajstić information content (AvgIpc) is 2.23. The number of anilines is 1. The number of rotatable bonds is 4. The van der Waals surface area contributed by atoms with E-state index >= 15 is 0 Å². The molecule has 3 nitrogen and oxygen atoms in total. The summed E-state index contributed by atoms with van der Waals surface area (Å²) in [6, 6.07) is 3.34. The molecule has 94 valence electrons. The molecule has 0 bridgehead atoms. The third-order valence-corrected chi connectivity index (χ3v) is 2.79. The van der Waals surface area contributed by atoms with E-state index in [0.717, 1.165) is 5.56 Å². The zero-order chi connectivity index (χ0) is 13.0. The van der Waals surface area contributed by atoms with Crippen molar-refractivity contribution in [2.45, 2.75) is 26.9 Å². The predicted octanol–water partition coefficient (Wildman–Crippen LogP) is 3.67. The highest BCUT2D eigenvalue weighted by Gasteiger charge is 2.09. The first-order valence-corrected chi connectivity index (χ1v) is 6.03. The molecule has 1 aromatic carbocycles. The van der Waals surface area contributed by atoms with Crippen molar-refractivity contribution >= 4 is 34.8 Å². The van der Waals surface area contributed by atoms with Crippen LogP contribution in [0.2, 0.25) is 10.0 Å². The fourth-order valence-electron chi connectivity index (χ4n) is 1.17. The van der Waals surface area contributed by atoms with Gasteiger partial charge in [-0.1, -0.05) is 23.2 Å². The summed E-state index contributed by atoms with van der Waals surface area (Å²) in [5.74, 6) is -0.250. The van der Waals surface area contributed by atoms with Gasteiger partial charge >= 0.3 is 0 Å². The zero-order valence-corrected chi connectivity index (χ0v) is 11.5. The SMILES string of the molecule is Cc1cc(Cl)c(NC(=O)COC(C)C)cc1Cl. The van der Waals surface area contributed by atoms with Crippen LogP contribution in [0.4, 0.5) is 5.69 Å². The summed E-state index contributed by atoms with van der Waals surface area (Å²) in [5.41, 5.74) is 1.37. The lowest BCUT2D eigenvalue weighted by atomic mass is 10.2. The molecule has 0 heterocycles. The monoisotopic (exact) mass is 275 g/mol. The Bertz CT molecular complexity index is 419. The lowest BCUT2D eigenvalue weighted by Crippen LogP contribution is -2.20. The number of benzene rings is 1. The van der Waals surface area contributed by atoms with Gasteiger partial charge in [0.25, 0.3) is 0 Å². The summed E-state index contributed by atoms with van der Waals surface area (Å²) in [7, 11) is 0. The van der Waals surface area contributed by atoms with Crippen molar-refractivity contribution in [1.29, 1.82) is 0 Å². The highest BCUT2D eigenvalue weighted by atomic mass is 35.5. The number of hydrogen-bond acceptors (Lipinski definition) is 2. The second-order valence-corrected chi connectivity index (χ2v) is 4.80. The van der Waals surface area contributed by atoms with Crippen LogP contribution in [-0.2, 0) is 9.53 Å². The Balaban J connectivity index is 2.68. The van der Waals surface area contributed by atoms with Crippen LogP contribution < -0.4 is 5.32 Å². The van der Waals surface area contributed by atoms with E-state index in [1.54, 1.807) is 12.1 Å². The molecule has 0 atom stereocenters. The second kappa shape index (κ2) is 6.24. The largest absolute Gasteiger partial charge is 0.369 e. The number of nitrogens with one attached hydrogen (secondary N) is 1. The highest BCUT2D eigenvalue weighted by molar-refractivity contribution is 6.36. The third kappa shape index (κ3) is 4.54. The molecule has 1 amide bonds. The zero-order valence-electron chi connectivity index (χ0n) is 10.0. The van der Waals surface area contributed by atoms with E-state index in [1.165, 1.54) is 0 Å². The van der Waals surface area contributed by atoms with Crippen LogP contribution in [0.5, 0.6) is 0 Å². The Labute approximate surface area is 111 Å². The maximum atomic E-state index is 11.5. The summed E-state index contributed by atoms with van der Waals surface area (Å²) in [6.07, 6.45) is 0.0119. The van der Waals surface area contributed by atoms with Gasteiger partial charge in [0.2, 0.25) is 5.91 Å². The van der Waals surface area contributed by atoms with E-state index in [1.807, 2.05) is 20.8 Å². The van der Waals surface area contributed by atoms with Gasteiger partial charge in [-0.15, -0.1) is 0 Å². The molecule has 0 saturated heterocycles. The van der Waals surface area contributed by atoms with Crippen LogP contribution in [0.25, 0.3) is 0 Å². The summed E-state index contributed by atoms with van der Waals surface area (Å²) in [4.78, 5) is 11.5. The molecule has 0 fully saturated rings. The van der Waals surface area contributed by atoms with Crippen molar-refractivity contribution in [3.05, 3.63) is 27.7 Å². The predicted molar refractivity (Wildman–Crippen MR) is 70.9 cm³/mol. The van der Waals surface area contributed by atoms with E-state index in [4.69, 9.17) is 27.9 Å². The molecule has 0 aliphatic carbocycles. The lowest BCUT2D eigenvalue weighted by Gasteiger charge is -2.10. The first-order valence-electron chi connectivity index (χ1n) is 5.27. The van der Waals surface area contributed by atoms with E-state index in [0.29, 0.717) is 15.7 Å². The van der Waals surface area contributed by atoms with Crippen molar-refractivity contribution < 1.29 is 9.53 Å². The summed E-state index contributed by atoms with van der Waals surface area (Å²) < 4.78 is 5.18. The van der Waals surface area contributed by atoms with Crippen LogP contribution in [0.1, 0.15) is 19.4 Å². The molecule has 1 aromatic rings. The highest BCUT2D eigenvalue weighted by Crippen LogP contribution is 2.28. The summed E-state index contributed by atoms with van der Waals surface area (Å²) in [5, 5.41) is 3.68. The molecule has 0 aliphatic heterocycles. The van der Waals surface area contributed by atoms with Gasteiger partial charge in [-0.25, -0.2) is 0 Å². The molecule has 0 saturated carbocycles. The average molecular weight is 276 g/mol. The van der Waals surface area contributed by atoms with Gasteiger partial charge in [0.05, 0.1) is 16.8 Å². The minimum atomic E-state index is -0.250. The molecular formula is C12H15Cl2NO2. The van der Waals surface area contributed by atoms with E-state index < -0.39 is 0 Å². The van der Waals surface area contributed by atoms with Crippen LogP contribution in [0.3, 0.4) is 0 Å². The van der Waals surface area contributed by atoms with Crippen molar-refractivity contribution in [1.82, 2.24) is 0 Å². The number of halogens is 2. The standard InChI is InChI=1S/C12H15Cl2NO2/c1-7(2)17-6-12(16)15-11-5-9(13)8(3)4-10(11)14/h4-5,7H,6H2,1-3H3,(H,15,16). The van der Waals surface area contributed by atoms with E-state index in [-0.39, 0.29) is 18.6 Å². The van der Waals surface area contributed by atoms with E-state index in [9.17, 15) is 4.79 Å². The molecule has 1 rings (SSSR count). The summed E-state index contributed by atoms with van der Waals surface area (Å²) >= 11 is 11.9. The Morgan fingerprint density at radius 2 is 2.00 bits per heavy atom. The minimum Gasteiger partial charge on any atom is -0.369 e. The molecule has 17 heavy (non-hydrogen) atoms. The smallest absolute Gasteiger partial charge is 0.250 e. The molecule has 5 heteroatoms. The summed E-state index contributed by atoms with van der Waals surface area (Å²) in [6.45, 7) is 5.58. The van der Waals surface area contributed by atoms with E-state index in [2.05, 4.69) is 5.32 Å². The number of ether oxygens (including phenoxy) is 1. The lowest BCUT2D eigenvalue weighted by molar-refractivity contribution is -0.121. The fraction of sp³-hybridized carbons (Fsp3) is 0.417. The topological polar surface area (TPSA) is 38.3 Å². The van der Waals surface area contributed by atoms with Gasteiger partial charge in [0.1, 0.15) is 6.61 Å². The van der Waals surface area contributed by atoms with Crippen LogP contribution in [0, 0.1) is 6.92 Å². The molecular weight excluding hydrogens is 261 g/mol. The Morgan fingerprint density at radius 1 is 1.35 bits per heavy atom. The van der Waals surface area contributed by atoms with Gasteiger partial charge in [-0.3, -0.25) is 4.79 Å². The van der Waals surface area contributed by atoms with Gasteiger partial charge in [0, 0.05) is 5.02 Å². The molecule has 0 aromatic heterocycles. The molecule has 0 spiro atoms. The van der Waals surface area contributed by atoms with Crippen molar-refractivity contribution in [2.75, 3.05) is 11.9 Å². The Morgan fingerprint density at radius 3 is 2.59 bits per heavy atom. The van der Waals surface area contributed by atoms with Crippen molar-refractivity contribution in [3.63, 3.8) is 0 Å². The van der Waals surface area contributed by atoms with Gasteiger partial charge in [0.15, 0.2) is 0 Å². The number of carbonyl (C=O) groups is 1. The maximum Gasteiger partial charge on any atom is 0.250 e. The quantitative estimate of drug-likeness (QED) is 0.911. The Hall–Kier alpha value is -0.770. The molecule has 0 aliphatic rings. The number of carbonyl (C=O) groups excluding carboxylic acids is 1. The maximum absolute atomic E-state index is 11.5. The van der Waals surface area contributed by atoms with Crippen molar-refractivity contribution in [3.8, 4) is 0 Å².